The first-order valence-corrected chi connectivity index (χ1v) is 12.3. The number of aromatic nitrogens is 1. The fraction of sp³-hybridized carbons (Fsp3) is 0.207. The van der Waals surface area contributed by atoms with E-state index in [1.54, 1.807) is 5.01 Å². The van der Waals surface area contributed by atoms with Crippen molar-refractivity contribution in [2.45, 2.75) is 39.2 Å². The minimum absolute atomic E-state index is 0.0742. The predicted octanol–water partition coefficient (Wildman–Crippen LogP) is 6.50. The van der Waals surface area contributed by atoms with Crippen LogP contribution in [0, 0.1) is 0 Å². The first-order chi connectivity index (χ1) is 17.0. The number of pyridine rings is 1. The molecule has 1 atom stereocenters. The second kappa shape index (κ2) is 9.51. The Morgan fingerprint density at radius 2 is 1.71 bits per heavy atom. The van der Waals surface area contributed by atoms with Crippen LogP contribution in [0.1, 0.15) is 49.4 Å². The molecular formula is C29H26ClN3O2. The highest BCUT2D eigenvalue weighted by atomic mass is 35.5. The van der Waals surface area contributed by atoms with E-state index in [1.807, 2.05) is 55.5 Å². The van der Waals surface area contributed by atoms with Crippen molar-refractivity contribution in [3.63, 3.8) is 0 Å². The number of para-hydroxylation sites is 1. The zero-order valence-corrected chi connectivity index (χ0v) is 20.5. The number of amides is 1. The molecule has 5 rings (SSSR count). The molecule has 1 aliphatic heterocycles. The third-order valence-electron chi connectivity index (χ3n) is 6.58. The summed E-state index contributed by atoms with van der Waals surface area (Å²) < 4.78 is 0. The highest BCUT2D eigenvalue weighted by Gasteiger charge is 2.34. The number of fused-ring (bicyclic) bond motifs is 1. The number of H-pyrrole nitrogens is 1. The van der Waals surface area contributed by atoms with E-state index in [-0.39, 0.29) is 17.5 Å². The molecular weight excluding hydrogens is 458 g/mol. The number of aryl methyl sites for hydroxylation is 1. The standard InChI is InChI=1S/C29H26ClN3O2/c1-3-18-9-11-19(12-10-18)25-17-24(32-33(25)26(34)4-2)28-27(20-13-15-21(30)16-14-20)22-7-5-6-8-23(22)31-29(28)35/h5-16,25H,3-4,17H2,1-2H3,(H,31,35)/t25-/m0/s1. The first-order valence-electron chi connectivity index (χ1n) is 11.9. The molecule has 0 fully saturated rings. The van der Waals surface area contributed by atoms with Crippen LogP contribution in [0.2, 0.25) is 5.02 Å². The molecule has 176 valence electrons. The van der Waals surface area contributed by atoms with Crippen LogP contribution < -0.4 is 5.56 Å². The van der Waals surface area contributed by atoms with Gasteiger partial charge in [-0.1, -0.05) is 80.0 Å². The van der Waals surface area contributed by atoms with E-state index in [0.717, 1.165) is 34.0 Å². The molecule has 35 heavy (non-hydrogen) atoms. The van der Waals surface area contributed by atoms with Crippen LogP contribution in [0.5, 0.6) is 0 Å². The van der Waals surface area contributed by atoms with Crippen molar-refractivity contribution in [2.75, 3.05) is 0 Å². The molecule has 2 heterocycles. The molecule has 1 aromatic heterocycles. The lowest BCUT2D eigenvalue weighted by Gasteiger charge is -2.21. The maximum atomic E-state index is 13.5. The number of carbonyl (C=O) groups excluding carboxylic acids is 1. The van der Waals surface area contributed by atoms with Gasteiger partial charge in [0.05, 0.1) is 17.3 Å². The van der Waals surface area contributed by atoms with Gasteiger partial charge < -0.3 is 4.98 Å². The normalized spacial score (nSPS) is 15.5. The SMILES string of the molecule is CCC(=O)N1N=C(c2c(-c3ccc(Cl)cc3)c3ccccc3[nH]c2=O)C[C@H]1c1ccc(CC)cc1. The van der Waals surface area contributed by atoms with E-state index in [9.17, 15) is 9.59 Å². The summed E-state index contributed by atoms with van der Waals surface area (Å²) in [6.07, 6.45) is 1.74. The average Bonchev–Trinajstić information content (AvgIpc) is 3.33. The zero-order chi connectivity index (χ0) is 24.5. The summed E-state index contributed by atoms with van der Waals surface area (Å²) >= 11 is 6.16. The summed E-state index contributed by atoms with van der Waals surface area (Å²) in [6, 6.07) is 23.2. The zero-order valence-electron chi connectivity index (χ0n) is 19.7. The molecule has 1 aliphatic rings. The van der Waals surface area contributed by atoms with E-state index in [2.05, 4.69) is 36.2 Å². The molecule has 0 saturated heterocycles. The molecule has 4 aromatic rings. The van der Waals surface area contributed by atoms with Gasteiger partial charge in [-0.25, -0.2) is 5.01 Å². The number of nitrogens with zero attached hydrogens (tertiary/aromatic N) is 2. The van der Waals surface area contributed by atoms with Crippen LogP contribution in [0.15, 0.2) is 82.7 Å². The van der Waals surface area contributed by atoms with Crippen LogP contribution in [0.4, 0.5) is 0 Å². The average molecular weight is 484 g/mol. The third-order valence-corrected chi connectivity index (χ3v) is 6.84. The number of carbonyl (C=O) groups is 1. The summed E-state index contributed by atoms with van der Waals surface area (Å²) in [7, 11) is 0. The Hall–Kier alpha value is -3.70. The molecule has 6 heteroatoms. The maximum absolute atomic E-state index is 13.5. The fourth-order valence-electron chi connectivity index (χ4n) is 4.72. The summed E-state index contributed by atoms with van der Waals surface area (Å²) in [6.45, 7) is 3.94. The van der Waals surface area contributed by atoms with Crippen molar-refractivity contribution in [1.82, 2.24) is 9.99 Å². The molecule has 0 radical (unpaired) electrons. The molecule has 1 amide bonds. The lowest BCUT2D eigenvalue weighted by atomic mass is 9.91. The Morgan fingerprint density at radius 1 is 1.00 bits per heavy atom. The van der Waals surface area contributed by atoms with E-state index < -0.39 is 0 Å². The van der Waals surface area contributed by atoms with Gasteiger partial charge in [-0.15, -0.1) is 0 Å². The van der Waals surface area contributed by atoms with Crippen LogP contribution in [-0.4, -0.2) is 21.6 Å². The van der Waals surface area contributed by atoms with Gasteiger partial charge >= 0.3 is 0 Å². The van der Waals surface area contributed by atoms with Crippen molar-refractivity contribution in [2.24, 2.45) is 5.10 Å². The van der Waals surface area contributed by atoms with Gasteiger partial charge in [-0.3, -0.25) is 9.59 Å². The van der Waals surface area contributed by atoms with Crippen molar-refractivity contribution in [3.05, 3.63) is 105 Å². The monoisotopic (exact) mass is 483 g/mol. The van der Waals surface area contributed by atoms with Crippen molar-refractivity contribution >= 4 is 34.1 Å². The van der Waals surface area contributed by atoms with Crippen LogP contribution >= 0.6 is 11.6 Å². The molecule has 0 unspecified atom stereocenters. The third kappa shape index (κ3) is 4.28. The number of hydrogen-bond donors (Lipinski definition) is 1. The lowest BCUT2D eigenvalue weighted by molar-refractivity contribution is -0.132. The second-order valence-electron chi connectivity index (χ2n) is 8.71. The largest absolute Gasteiger partial charge is 0.321 e. The summed E-state index contributed by atoms with van der Waals surface area (Å²) in [5, 5.41) is 7.84. The van der Waals surface area contributed by atoms with Crippen LogP contribution in [0.25, 0.3) is 22.0 Å². The van der Waals surface area contributed by atoms with E-state index >= 15 is 0 Å². The van der Waals surface area contributed by atoms with Gasteiger partial charge in [-0.2, -0.15) is 5.10 Å². The Labute approximate surface area is 209 Å². The quantitative estimate of drug-likeness (QED) is 0.352. The predicted molar refractivity (Wildman–Crippen MR) is 142 cm³/mol. The molecule has 0 spiro atoms. The minimum Gasteiger partial charge on any atom is -0.321 e. The van der Waals surface area contributed by atoms with E-state index in [1.165, 1.54) is 5.56 Å². The topological polar surface area (TPSA) is 65.5 Å². The maximum Gasteiger partial charge on any atom is 0.258 e. The number of halogens is 1. The molecule has 1 N–H and O–H groups in total. The summed E-state index contributed by atoms with van der Waals surface area (Å²) in [5.74, 6) is -0.0742. The number of rotatable bonds is 5. The minimum atomic E-state index is -0.257. The number of nitrogens with one attached hydrogen (secondary N) is 1. The Balaban J connectivity index is 1.69. The Bertz CT molecular complexity index is 1490. The van der Waals surface area contributed by atoms with Gasteiger partial charge in [-0.05, 0) is 41.3 Å². The molecule has 0 bridgehead atoms. The number of hydrazone groups is 1. The van der Waals surface area contributed by atoms with Gasteiger partial charge in [0.2, 0.25) is 5.91 Å². The summed E-state index contributed by atoms with van der Waals surface area (Å²) in [5.41, 5.74) is 5.53. The molecule has 0 saturated carbocycles. The van der Waals surface area contributed by atoms with Gasteiger partial charge in [0, 0.05) is 34.3 Å². The second-order valence-corrected chi connectivity index (χ2v) is 9.15. The number of aromatic amines is 1. The smallest absolute Gasteiger partial charge is 0.258 e. The number of benzene rings is 3. The summed E-state index contributed by atoms with van der Waals surface area (Å²) in [4.78, 5) is 29.4. The lowest BCUT2D eigenvalue weighted by Crippen LogP contribution is -2.26. The van der Waals surface area contributed by atoms with Crippen molar-refractivity contribution < 1.29 is 4.79 Å². The van der Waals surface area contributed by atoms with Crippen LogP contribution in [-0.2, 0) is 11.2 Å². The fourth-order valence-corrected chi connectivity index (χ4v) is 4.85. The van der Waals surface area contributed by atoms with Crippen molar-refractivity contribution in [3.8, 4) is 11.1 Å². The van der Waals surface area contributed by atoms with Crippen LogP contribution in [0.3, 0.4) is 0 Å². The van der Waals surface area contributed by atoms with Gasteiger partial charge in [0.25, 0.3) is 5.56 Å². The van der Waals surface area contributed by atoms with Gasteiger partial charge in [0.1, 0.15) is 0 Å². The Morgan fingerprint density at radius 3 is 2.40 bits per heavy atom. The Kier molecular flexibility index (Phi) is 6.27. The highest BCUT2D eigenvalue weighted by molar-refractivity contribution is 6.30. The molecule has 5 nitrogen and oxygen atoms in total. The van der Waals surface area contributed by atoms with Gasteiger partial charge in [0.15, 0.2) is 0 Å². The van der Waals surface area contributed by atoms with Crippen molar-refractivity contribution in [1.29, 1.82) is 0 Å². The van der Waals surface area contributed by atoms with E-state index in [4.69, 9.17) is 16.7 Å². The highest BCUT2D eigenvalue weighted by Crippen LogP contribution is 2.37. The first kappa shape index (κ1) is 23.1. The van der Waals surface area contributed by atoms with E-state index in [0.29, 0.717) is 29.1 Å². The molecule has 3 aromatic carbocycles. The number of hydrogen-bond acceptors (Lipinski definition) is 3. The molecule has 0 aliphatic carbocycles.